The van der Waals surface area contributed by atoms with Gasteiger partial charge in [0, 0.05) is 6.42 Å². The Hall–Kier alpha value is -0.120. The van der Waals surface area contributed by atoms with E-state index in [0.29, 0.717) is 0 Å². The standard InChI is InChI=1S/C5H11O3/c1-3-5(7,8)4(2)6/h6-8H,3H2,1-2H3. The molecule has 3 N–H and O–H groups in total. The molecule has 0 heterocycles. The number of rotatable bonds is 2. The van der Waals surface area contributed by atoms with E-state index in [1.165, 1.54) is 6.92 Å². The van der Waals surface area contributed by atoms with Gasteiger partial charge in [-0.2, -0.15) is 0 Å². The van der Waals surface area contributed by atoms with E-state index in [1.54, 1.807) is 6.92 Å². The Kier molecular flexibility index (Phi) is 2.40. The molecule has 0 saturated carbocycles. The van der Waals surface area contributed by atoms with Crippen LogP contribution < -0.4 is 0 Å². The predicted octanol–water partition coefficient (Wildman–Crippen LogP) is 0.00169. The van der Waals surface area contributed by atoms with Crippen molar-refractivity contribution in [2.24, 2.45) is 0 Å². The second kappa shape index (κ2) is 2.44. The van der Waals surface area contributed by atoms with Crippen LogP contribution in [0.2, 0.25) is 0 Å². The maximum Gasteiger partial charge on any atom is 0.194 e. The van der Waals surface area contributed by atoms with Crippen LogP contribution in [0.5, 0.6) is 0 Å². The summed E-state index contributed by atoms with van der Waals surface area (Å²) in [6.45, 7) is 2.82. The molecular weight excluding hydrogens is 108 g/mol. The van der Waals surface area contributed by atoms with Crippen molar-refractivity contribution in [2.75, 3.05) is 0 Å². The zero-order chi connectivity index (χ0) is 6.78. The highest BCUT2D eigenvalue weighted by Gasteiger charge is 2.27. The normalized spacial score (nSPS) is 12.8. The van der Waals surface area contributed by atoms with Crippen LogP contribution in [0.25, 0.3) is 0 Å². The van der Waals surface area contributed by atoms with Gasteiger partial charge in [-0.15, -0.1) is 0 Å². The summed E-state index contributed by atoms with van der Waals surface area (Å²) in [7, 11) is 0. The van der Waals surface area contributed by atoms with Crippen LogP contribution in [-0.2, 0) is 0 Å². The van der Waals surface area contributed by atoms with Crippen molar-refractivity contribution in [1.82, 2.24) is 0 Å². The quantitative estimate of drug-likeness (QED) is 0.448. The van der Waals surface area contributed by atoms with E-state index in [4.69, 9.17) is 15.3 Å². The third kappa shape index (κ3) is 1.78. The van der Waals surface area contributed by atoms with E-state index in [2.05, 4.69) is 0 Å². The van der Waals surface area contributed by atoms with Gasteiger partial charge in [0.1, 0.15) is 6.10 Å². The summed E-state index contributed by atoms with van der Waals surface area (Å²) < 4.78 is 0. The number of aliphatic hydroxyl groups excluding tert-OH is 1. The lowest BCUT2D eigenvalue weighted by molar-refractivity contribution is -0.179. The Morgan fingerprint density at radius 2 is 1.88 bits per heavy atom. The molecule has 3 nitrogen and oxygen atoms in total. The average Bonchev–Trinajstić information content (AvgIpc) is 1.67. The molecule has 49 valence electrons. The number of hydrogen-bond donors (Lipinski definition) is 3. The topological polar surface area (TPSA) is 60.7 Å². The van der Waals surface area contributed by atoms with Crippen molar-refractivity contribution in [3.05, 3.63) is 6.10 Å². The fourth-order valence-electron chi connectivity index (χ4n) is 0.256. The lowest BCUT2D eigenvalue weighted by Crippen LogP contribution is -2.33. The molecule has 8 heavy (non-hydrogen) atoms. The van der Waals surface area contributed by atoms with E-state index in [1.807, 2.05) is 0 Å². The molecule has 0 amide bonds. The summed E-state index contributed by atoms with van der Waals surface area (Å²) in [6, 6.07) is 0. The smallest absolute Gasteiger partial charge is 0.194 e. The molecule has 0 aromatic rings. The van der Waals surface area contributed by atoms with Gasteiger partial charge in [-0.05, 0) is 6.92 Å². The first-order valence-corrected chi connectivity index (χ1v) is 2.48. The minimum atomic E-state index is -1.99. The van der Waals surface area contributed by atoms with Gasteiger partial charge in [0.05, 0.1) is 0 Å². The summed E-state index contributed by atoms with van der Waals surface area (Å²) in [5.41, 5.74) is 0. The molecule has 0 saturated heterocycles. The summed E-state index contributed by atoms with van der Waals surface area (Å²) in [6.07, 6.45) is -0.255. The van der Waals surface area contributed by atoms with E-state index in [0.717, 1.165) is 0 Å². The molecule has 3 heteroatoms. The molecule has 0 atom stereocenters. The molecule has 0 bridgehead atoms. The highest BCUT2D eigenvalue weighted by molar-refractivity contribution is 4.84. The fourth-order valence-corrected chi connectivity index (χ4v) is 0.256. The molecule has 0 spiro atoms. The van der Waals surface area contributed by atoms with Crippen LogP contribution in [0.15, 0.2) is 0 Å². The van der Waals surface area contributed by atoms with Crippen LogP contribution in [0.4, 0.5) is 0 Å². The second-order valence-corrected chi connectivity index (χ2v) is 1.76. The van der Waals surface area contributed by atoms with Crippen molar-refractivity contribution in [2.45, 2.75) is 26.1 Å². The Morgan fingerprint density at radius 1 is 1.50 bits per heavy atom. The SMILES string of the molecule is CCC(O)(O)[C](C)O. The van der Waals surface area contributed by atoms with Crippen molar-refractivity contribution in [1.29, 1.82) is 0 Å². The average molecular weight is 119 g/mol. The van der Waals surface area contributed by atoms with Gasteiger partial charge in [0.2, 0.25) is 0 Å². The predicted molar refractivity (Wildman–Crippen MR) is 28.3 cm³/mol. The number of hydrogen-bond acceptors (Lipinski definition) is 3. The van der Waals surface area contributed by atoms with Gasteiger partial charge < -0.3 is 15.3 Å². The van der Waals surface area contributed by atoms with Crippen LogP contribution >= 0.6 is 0 Å². The van der Waals surface area contributed by atoms with Crippen molar-refractivity contribution < 1.29 is 15.3 Å². The first-order chi connectivity index (χ1) is 3.50. The van der Waals surface area contributed by atoms with Crippen LogP contribution in [-0.4, -0.2) is 21.1 Å². The second-order valence-electron chi connectivity index (χ2n) is 1.76. The van der Waals surface area contributed by atoms with E-state index >= 15 is 0 Å². The zero-order valence-corrected chi connectivity index (χ0v) is 5.05. The van der Waals surface area contributed by atoms with Crippen molar-refractivity contribution in [3.8, 4) is 0 Å². The molecular formula is C5H11O3. The zero-order valence-electron chi connectivity index (χ0n) is 5.05. The lowest BCUT2D eigenvalue weighted by atomic mass is 10.1. The van der Waals surface area contributed by atoms with Crippen molar-refractivity contribution in [3.63, 3.8) is 0 Å². The van der Waals surface area contributed by atoms with E-state index < -0.39 is 5.79 Å². The molecule has 1 radical (unpaired) electrons. The Balaban J connectivity index is 3.71. The molecule has 0 rings (SSSR count). The van der Waals surface area contributed by atoms with E-state index in [-0.39, 0.29) is 12.5 Å². The largest absolute Gasteiger partial charge is 0.381 e. The lowest BCUT2D eigenvalue weighted by Gasteiger charge is -2.21. The molecule has 0 aliphatic carbocycles. The summed E-state index contributed by atoms with van der Waals surface area (Å²) in [5.74, 6) is -1.99. The number of aliphatic hydroxyl groups is 3. The minimum absolute atomic E-state index is 0.106. The van der Waals surface area contributed by atoms with E-state index in [9.17, 15) is 0 Å². The van der Waals surface area contributed by atoms with Gasteiger partial charge in [-0.3, -0.25) is 0 Å². The van der Waals surface area contributed by atoms with Gasteiger partial charge >= 0.3 is 0 Å². The molecule has 0 aromatic carbocycles. The van der Waals surface area contributed by atoms with Gasteiger partial charge in [0.15, 0.2) is 5.79 Å². The fraction of sp³-hybridized carbons (Fsp3) is 0.800. The van der Waals surface area contributed by atoms with Crippen LogP contribution in [0.1, 0.15) is 20.3 Å². The van der Waals surface area contributed by atoms with Gasteiger partial charge in [-0.1, -0.05) is 6.92 Å². The Labute approximate surface area is 48.6 Å². The summed E-state index contributed by atoms with van der Waals surface area (Å²) >= 11 is 0. The highest BCUT2D eigenvalue weighted by atomic mass is 16.5. The van der Waals surface area contributed by atoms with Gasteiger partial charge in [0.25, 0.3) is 0 Å². The van der Waals surface area contributed by atoms with Crippen LogP contribution in [0, 0.1) is 6.10 Å². The third-order valence-electron chi connectivity index (χ3n) is 1.07. The molecule has 0 aliphatic rings. The molecule has 0 aliphatic heterocycles. The third-order valence-corrected chi connectivity index (χ3v) is 1.07. The monoisotopic (exact) mass is 119 g/mol. The molecule has 0 aromatic heterocycles. The summed E-state index contributed by atoms with van der Waals surface area (Å²) in [5, 5.41) is 25.8. The Morgan fingerprint density at radius 3 is 1.88 bits per heavy atom. The first kappa shape index (κ1) is 7.88. The minimum Gasteiger partial charge on any atom is -0.381 e. The first-order valence-electron chi connectivity index (χ1n) is 2.48. The molecule has 0 fully saturated rings. The summed E-state index contributed by atoms with van der Waals surface area (Å²) in [4.78, 5) is 0. The maximum atomic E-state index is 8.67. The van der Waals surface area contributed by atoms with Gasteiger partial charge in [-0.25, -0.2) is 0 Å². The van der Waals surface area contributed by atoms with Crippen molar-refractivity contribution >= 4 is 0 Å². The molecule has 0 unspecified atom stereocenters. The highest BCUT2D eigenvalue weighted by Crippen LogP contribution is 2.15. The van der Waals surface area contributed by atoms with Crippen LogP contribution in [0.3, 0.4) is 0 Å². The maximum absolute atomic E-state index is 8.67. The Bertz CT molecular complexity index is 68.1.